The Morgan fingerprint density at radius 1 is 0.714 bits per heavy atom. The molecule has 0 aliphatic heterocycles. The average molecular weight is 651 g/mol. The standard InChI is InChI=1S/C28H58N4O7SSi2/c1-8-15-16-17-18-21-26-30-27(40-23-20-25-42(37-12-5,38-13-6)39-14-7)31-32(26)28(33)29-22-19-24-41(34-9-2,35-10-3)36-11-4/h8-25H2,1-7H3,(H,29,33). The Labute approximate surface area is 261 Å². The van der Waals surface area contributed by atoms with Gasteiger partial charge in [-0.1, -0.05) is 44.4 Å². The highest BCUT2D eigenvalue weighted by Gasteiger charge is 2.40. The smallest absolute Gasteiger partial charge is 0.374 e. The number of carbonyl (C=O) groups is 1. The molecule has 0 bridgehead atoms. The molecule has 0 atom stereocenters. The lowest BCUT2D eigenvalue weighted by Gasteiger charge is -2.28. The van der Waals surface area contributed by atoms with Crippen molar-refractivity contribution in [1.82, 2.24) is 20.1 Å². The van der Waals surface area contributed by atoms with E-state index in [1.807, 2.05) is 41.5 Å². The minimum atomic E-state index is -2.74. The zero-order chi connectivity index (χ0) is 31.1. The largest absolute Gasteiger partial charge is 0.500 e. The number of rotatable bonds is 27. The monoisotopic (exact) mass is 650 g/mol. The predicted molar refractivity (Wildman–Crippen MR) is 172 cm³/mol. The van der Waals surface area contributed by atoms with E-state index in [1.165, 1.54) is 23.9 Å². The summed E-state index contributed by atoms with van der Waals surface area (Å²) in [5.41, 5.74) is 0. The average Bonchev–Trinajstić information content (AvgIpc) is 3.37. The number of nitrogens with one attached hydrogen (secondary N) is 1. The molecule has 1 aromatic heterocycles. The number of aryl methyl sites for hydroxylation is 1. The second kappa shape index (κ2) is 23.5. The Hall–Kier alpha value is -0.846. The van der Waals surface area contributed by atoms with Crippen LogP contribution in [-0.2, 0) is 33.0 Å². The molecule has 0 radical (unpaired) electrons. The summed E-state index contributed by atoms with van der Waals surface area (Å²) >= 11 is 1.55. The Kier molecular flexibility index (Phi) is 21.9. The molecule has 1 amide bonds. The normalized spacial score (nSPS) is 12.3. The topological polar surface area (TPSA) is 115 Å². The molecule has 0 aliphatic rings. The van der Waals surface area contributed by atoms with Gasteiger partial charge >= 0.3 is 23.6 Å². The summed E-state index contributed by atoms with van der Waals surface area (Å²) in [5.74, 6) is 1.48. The highest BCUT2D eigenvalue weighted by Crippen LogP contribution is 2.23. The fraction of sp³-hybridized carbons (Fsp3) is 0.893. The Bertz CT molecular complexity index is 804. The molecule has 1 rings (SSSR count). The lowest BCUT2D eigenvalue weighted by atomic mass is 10.1. The van der Waals surface area contributed by atoms with Gasteiger partial charge in [0.15, 0.2) is 0 Å². The van der Waals surface area contributed by atoms with E-state index in [2.05, 4.69) is 17.3 Å². The molecule has 1 heterocycles. The van der Waals surface area contributed by atoms with Crippen molar-refractivity contribution in [2.45, 2.75) is 117 Å². The molecule has 1 aromatic rings. The SMILES string of the molecule is CCCCCCCc1nc(SCCC[Si](OCC)(OCC)OCC)nn1C(=O)NCCC[Si](OCC)(OCC)OCC. The quantitative estimate of drug-likeness (QED) is 0.0659. The van der Waals surface area contributed by atoms with E-state index >= 15 is 0 Å². The van der Waals surface area contributed by atoms with Gasteiger partial charge in [-0.05, 0) is 60.8 Å². The fourth-order valence-electron chi connectivity index (χ4n) is 4.63. The van der Waals surface area contributed by atoms with E-state index in [-0.39, 0.29) is 6.03 Å². The van der Waals surface area contributed by atoms with Crippen LogP contribution in [0.3, 0.4) is 0 Å². The van der Waals surface area contributed by atoms with E-state index in [0.29, 0.717) is 69.6 Å². The van der Waals surface area contributed by atoms with Crippen molar-refractivity contribution in [3.63, 3.8) is 0 Å². The molecule has 11 nitrogen and oxygen atoms in total. The molecular weight excluding hydrogens is 593 g/mol. The van der Waals surface area contributed by atoms with Crippen molar-refractivity contribution in [2.24, 2.45) is 0 Å². The number of carbonyl (C=O) groups excluding carboxylic acids is 1. The summed E-state index contributed by atoms with van der Waals surface area (Å²) in [6, 6.07) is 1.11. The van der Waals surface area contributed by atoms with Crippen LogP contribution in [0.15, 0.2) is 5.16 Å². The van der Waals surface area contributed by atoms with Crippen LogP contribution in [0.25, 0.3) is 0 Å². The van der Waals surface area contributed by atoms with Crippen LogP contribution in [0.1, 0.15) is 99.2 Å². The van der Waals surface area contributed by atoms with Crippen LogP contribution in [0.5, 0.6) is 0 Å². The van der Waals surface area contributed by atoms with Gasteiger partial charge in [0, 0.05) is 70.4 Å². The summed E-state index contributed by atoms with van der Waals surface area (Å²) < 4.78 is 37.2. The Balaban J connectivity index is 2.83. The van der Waals surface area contributed by atoms with E-state index in [4.69, 9.17) is 31.5 Å². The molecule has 0 saturated heterocycles. The summed E-state index contributed by atoms with van der Waals surface area (Å²) in [5, 5.41) is 8.22. The van der Waals surface area contributed by atoms with Crippen molar-refractivity contribution in [3.05, 3.63) is 5.82 Å². The third kappa shape index (κ3) is 14.8. The van der Waals surface area contributed by atoms with Crippen LogP contribution in [0, 0.1) is 0 Å². The van der Waals surface area contributed by atoms with Gasteiger partial charge in [0.05, 0.1) is 0 Å². The third-order valence-corrected chi connectivity index (χ3v) is 13.6. The summed E-state index contributed by atoms with van der Waals surface area (Å²) in [4.78, 5) is 18.0. The third-order valence-electron chi connectivity index (χ3n) is 6.33. The molecule has 1 N–H and O–H groups in total. The van der Waals surface area contributed by atoms with Crippen LogP contribution >= 0.6 is 11.8 Å². The predicted octanol–water partition coefficient (Wildman–Crippen LogP) is 6.32. The van der Waals surface area contributed by atoms with Gasteiger partial charge in [-0.25, -0.2) is 9.78 Å². The molecule has 246 valence electrons. The number of aromatic nitrogens is 3. The van der Waals surface area contributed by atoms with Crippen molar-refractivity contribution in [1.29, 1.82) is 0 Å². The lowest BCUT2D eigenvalue weighted by Crippen LogP contribution is -2.46. The number of hydrogen-bond acceptors (Lipinski definition) is 10. The molecule has 0 aromatic carbocycles. The maximum atomic E-state index is 13.2. The van der Waals surface area contributed by atoms with Crippen molar-refractivity contribution in [2.75, 3.05) is 51.9 Å². The maximum absolute atomic E-state index is 13.2. The summed E-state index contributed by atoms with van der Waals surface area (Å²) in [6.45, 7) is 17.7. The van der Waals surface area contributed by atoms with Gasteiger partial charge in [0.2, 0.25) is 5.16 Å². The number of unbranched alkanes of at least 4 members (excludes halogenated alkanes) is 4. The van der Waals surface area contributed by atoms with E-state index in [9.17, 15) is 4.79 Å². The van der Waals surface area contributed by atoms with Gasteiger partial charge < -0.3 is 31.9 Å². The van der Waals surface area contributed by atoms with Crippen LogP contribution in [0.2, 0.25) is 12.1 Å². The molecular formula is C28H58N4O7SSi2. The van der Waals surface area contributed by atoms with Gasteiger partial charge in [-0.3, -0.25) is 0 Å². The number of thioether (sulfide) groups is 1. The minimum absolute atomic E-state index is 0.259. The molecule has 0 spiro atoms. The van der Waals surface area contributed by atoms with Crippen LogP contribution < -0.4 is 5.32 Å². The van der Waals surface area contributed by atoms with E-state index in [0.717, 1.165) is 37.5 Å². The van der Waals surface area contributed by atoms with Crippen LogP contribution in [-0.4, -0.2) is 90.3 Å². The number of amides is 1. The second-order valence-electron chi connectivity index (χ2n) is 9.64. The Morgan fingerprint density at radius 3 is 1.71 bits per heavy atom. The molecule has 0 fully saturated rings. The molecule has 0 aliphatic carbocycles. The van der Waals surface area contributed by atoms with E-state index in [1.54, 1.807) is 11.8 Å². The first-order valence-corrected chi connectivity index (χ1v) is 20.9. The highest BCUT2D eigenvalue weighted by molar-refractivity contribution is 7.99. The van der Waals surface area contributed by atoms with Gasteiger partial charge in [0.25, 0.3) is 0 Å². The minimum Gasteiger partial charge on any atom is -0.374 e. The van der Waals surface area contributed by atoms with Gasteiger partial charge in [0.1, 0.15) is 5.82 Å². The van der Waals surface area contributed by atoms with Gasteiger partial charge in [-0.15, -0.1) is 5.10 Å². The summed E-state index contributed by atoms with van der Waals surface area (Å²) in [6.07, 6.45) is 7.94. The van der Waals surface area contributed by atoms with Crippen molar-refractivity contribution < 1.29 is 31.4 Å². The van der Waals surface area contributed by atoms with Crippen LogP contribution in [0.4, 0.5) is 4.79 Å². The first-order valence-electron chi connectivity index (χ1n) is 16.1. The Morgan fingerprint density at radius 2 is 1.21 bits per heavy atom. The van der Waals surface area contributed by atoms with Crippen molar-refractivity contribution in [3.8, 4) is 0 Å². The van der Waals surface area contributed by atoms with Gasteiger partial charge in [-0.2, -0.15) is 4.68 Å². The molecule has 0 unspecified atom stereocenters. The molecule has 14 heteroatoms. The zero-order valence-electron chi connectivity index (χ0n) is 27.3. The number of hydrogen-bond donors (Lipinski definition) is 1. The lowest BCUT2D eigenvalue weighted by molar-refractivity contribution is 0.0702. The highest BCUT2D eigenvalue weighted by atomic mass is 32.2. The summed E-state index contributed by atoms with van der Waals surface area (Å²) in [7, 11) is -5.43. The van der Waals surface area contributed by atoms with E-state index < -0.39 is 17.6 Å². The first-order chi connectivity index (χ1) is 20.4. The maximum Gasteiger partial charge on any atom is 0.500 e. The first kappa shape index (κ1) is 39.2. The van der Waals surface area contributed by atoms with Crippen molar-refractivity contribution >= 4 is 35.4 Å². The molecule has 0 saturated carbocycles. The number of nitrogens with zero attached hydrogens (tertiary/aromatic N) is 3. The fourth-order valence-corrected chi connectivity index (χ4v) is 10.9. The molecule has 42 heavy (non-hydrogen) atoms. The second-order valence-corrected chi connectivity index (χ2v) is 16.2. The zero-order valence-corrected chi connectivity index (χ0v) is 30.2.